The normalized spacial score (nSPS) is 11.1. The first kappa shape index (κ1) is 25.8. The number of aryl methyl sites for hydroxylation is 6. The van der Waals surface area contributed by atoms with Crippen LogP contribution in [0.2, 0.25) is 0 Å². The van der Waals surface area contributed by atoms with Crippen LogP contribution in [0.5, 0.6) is 11.5 Å². The fraction of sp³-hybridized carbons (Fsp3) is 0.312. The molecule has 0 amide bonds. The number of unbranched alkanes of at least 4 members (excludes halogenated alkanes) is 1. The van der Waals surface area contributed by atoms with Gasteiger partial charge in [0.15, 0.2) is 0 Å². The van der Waals surface area contributed by atoms with E-state index in [0.717, 1.165) is 47.1 Å². The molecule has 0 saturated heterocycles. The summed E-state index contributed by atoms with van der Waals surface area (Å²) in [6.45, 7) is 14.5. The predicted molar refractivity (Wildman–Crippen MR) is 152 cm³/mol. The zero-order chi connectivity index (χ0) is 26.0. The molecular formula is C32H37BO3. The van der Waals surface area contributed by atoms with Gasteiger partial charge in [0.1, 0.15) is 11.5 Å². The minimum absolute atomic E-state index is 0.659. The topological polar surface area (TPSA) is 38.7 Å². The van der Waals surface area contributed by atoms with Crippen molar-refractivity contribution in [1.29, 1.82) is 0 Å². The lowest BCUT2D eigenvalue weighted by atomic mass is 9.85. The molecular weight excluding hydrogens is 443 g/mol. The van der Waals surface area contributed by atoms with Gasteiger partial charge >= 0.3 is 7.32 Å². The molecule has 3 nitrogen and oxygen atoms in total. The van der Waals surface area contributed by atoms with Gasteiger partial charge in [-0.3, -0.25) is 0 Å². The maximum atomic E-state index is 10.9. The van der Waals surface area contributed by atoms with Gasteiger partial charge in [-0.2, -0.15) is 0 Å². The number of benzene rings is 4. The monoisotopic (exact) mass is 480 g/mol. The highest BCUT2D eigenvalue weighted by atomic mass is 16.7. The maximum absolute atomic E-state index is 10.9. The molecule has 186 valence electrons. The zero-order valence-corrected chi connectivity index (χ0v) is 22.7. The molecule has 0 unspecified atom stereocenters. The fourth-order valence-corrected chi connectivity index (χ4v) is 5.50. The van der Waals surface area contributed by atoms with Crippen molar-refractivity contribution in [2.24, 2.45) is 0 Å². The molecule has 0 bridgehead atoms. The number of hydrogen-bond donors (Lipinski definition) is 1. The van der Waals surface area contributed by atoms with E-state index >= 15 is 0 Å². The quantitative estimate of drug-likeness (QED) is 0.259. The summed E-state index contributed by atoms with van der Waals surface area (Å²) in [6, 6.07) is 19.3. The van der Waals surface area contributed by atoms with Crippen molar-refractivity contribution in [2.45, 2.75) is 67.7 Å². The molecule has 0 aliphatic carbocycles. The molecule has 0 saturated carbocycles. The first-order valence-electron chi connectivity index (χ1n) is 12.9. The Kier molecular flexibility index (Phi) is 7.75. The third-order valence-electron chi connectivity index (χ3n) is 7.01. The summed E-state index contributed by atoms with van der Waals surface area (Å²) in [5.41, 5.74) is 10.1. The largest absolute Gasteiger partial charge is 0.785 e. The molecule has 0 radical (unpaired) electrons. The van der Waals surface area contributed by atoms with Gasteiger partial charge in [-0.15, -0.1) is 0 Å². The standard InChI is InChI=1S/C32H37BO3/c1-8-9-12-27-16-15-26-13-10-11-14-28(26)30(27)29-21(3)19-24(6)32(25(29)7)36-33(34)35-31-22(4)17-20(2)18-23(31)5/h10-11,13-19,34H,8-9,12H2,1-7H3. The summed E-state index contributed by atoms with van der Waals surface area (Å²) < 4.78 is 12.0. The van der Waals surface area contributed by atoms with Crippen molar-refractivity contribution in [3.63, 3.8) is 0 Å². The summed E-state index contributed by atoms with van der Waals surface area (Å²) in [7, 11) is -1.41. The third-order valence-corrected chi connectivity index (χ3v) is 7.01. The average Bonchev–Trinajstić information content (AvgIpc) is 2.83. The van der Waals surface area contributed by atoms with Crippen molar-refractivity contribution >= 4 is 18.1 Å². The highest BCUT2D eigenvalue weighted by Crippen LogP contribution is 2.41. The Bertz CT molecular complexity index is 1380. The lowest BCUT2D eigenvalue weighted by molar-refractivity contribution is 0.294. The SMILES string of the molecule is CCCCc1ccc2ccccc2c1-c1c(C)cc(C)c(OB(O)Oc2c(C)cc(C)cc2C)c1C. The Morgan fingerprint density at radius 2 is 1.36 bits per heavy atom. The van der Waals surface area contributed by atoms with E-state index in [2.05, 4.69) is 70.2 Å². The smallest absolute Gasteiger partial charge is 0.501 e. The van der Waals surface area contributed by atoms with Crippen LogP contribution in [0.15, 0.2) is 54.6 Å². The second kappa shape index (κ2) is 10.8. The van der Waals surface area contributed by atoms with Crippen LogP contribution in [0.3, 0.4) is 0 Å². The Balaban J connectivity index is 1.79. The van der Waals surface area contributed by atoms with E-state index in [0.29, 0.717) is 11.5 Å². The first-order valence-corrected chi connectivity index (χ1v) is 12.9. The summed E-state index contributed by atoms with van der Waals surface area (Å²) in [6.07, 6.45) is 3.31. The molecule has 0 aliphatic rings. The Hall–Kier alpha value is -3.24. The van der Waals surface area contributed by atoms with Crippen molar-refractivity contribution in [1.82, 2.24) is 0 Å². The summed E-state index contributed by atoms with van der Waals surface area (Å²) in [4.78, 5) is 0. The van der Waals surface area contributed by atoms with Crippen LogP contribution in [0.25, 0.3) is 21.9 Å². The molecule has 0 aromatic heterocycles. The number of rotatable bonds is 8. The summed E-state index contributed by atoms with van der Waals surface area (Å²) in [5.74, 6) is 1.33. The minimum atomic E-state index is -1.41. The zero-order valence-electron chi connectivity index (χ0n) is 22.7. The Labute approximate surface area is 216 Å². The second-order valence-electron chi connectivity index (χ2n) is 10.0. The molecule has 4 heteroatoms. The molecule has 4 aromatic rings. The number of hydrogen-bond acceptors (Lipinski definition) is 3. The van der Waals surface area contributed by atoms with E-state index in [1.807, 2.05) is 32.9 Å². The second-order valence-corrected chi connectivity index (χ2v) is 10.0. The lowest BCUT2D eigenvalue weighted by Gasteiger charge is -2.23. The third kappa shape index (κ3) is 5.15. The van der Waals surface area contributed by atoms with Crippen LogP contribution in [0.1, 0.15) is 58.7 Å². The molecule has 0 heterocycles. The van der Waals surface area contributed by atoms with Gasteiger partial charge in [0, 0.05) is 0 Å². The van der Waals surface area contributed by atoms with E-state index in [1.165, 1.54) is 33.0 Å². The van der Waals surface area contributed by atoms with Crippen molar-refractivity contribution < 1.29 is 14.3 Å². The van der Waals surface area contributed by atoms with Crippen LogP contribution in [0, 0.1) is 41.5 Å². The predicted octanol–water partition coefficient (Wildman–Crippen LogP) is 8.13. The lowest BCUT2D eigenvalue weighted by Crippen LogP contribution is -2.31. The highest BCUT2D eigenvalue weighted by molar-refractivity contribution is 6.37. The molecule has 36 heavy (non-hydrogen) atoms. The van der Waals surface area contributed by atoms with E-state index in [4.69, 9.17) is 9.31 Å². The first-order chi connectivity index (χ1) is 17.2. The van der Waals surface area contributed by atoms with Crippen molar-refractivity contribution in [3.05, 3.63) is 93.5 Å². The summed E-state index contributed by atoms with van der Waals surface area (Å²) >= 11 is 0. The molecule has 4 rings (SSSR count). The van der Waals surface area contributed by atoms with Crippen molar-refractivity contribution in [2.75, 3.05) is 0 Å². The van der Waals surface area contributed by atoms with Gasteiger partial charge in [-0.1, -0.05) is 73.5 Å². The minimum Gasteiger partial charge on any atom is -0.501 e. The van der Waals surface area contributed by atoms with E-state index in [-0.39, 0.29) is 0 Å². The van der Waals surface area contributed by atoms with Crippen LogP contribution in [-0.2, 0) is 6.42 Å². The fourth-order valence-electron chi connectivity index (χ4n) is 5.50. The van der Waals surface area contributed by atoms with Gasteiger partial charge in [-0.05, 0) is 110 Å². The molecule has 1 N–H and O–H groups in total. The molecule has 0 spiro atoms. The van der Waals surface area contributed by atoms with Crippen LogP contribution >= 0.6 is 0 Å². The molecule has 4 aromatic carbocycles. The molecule has 0 aliphatic heterocycles. The van der Waals surface area contributed by atoms with Crippen LogP contribution < -0.4 is 9.31 Å². The van der Waals surface area contributed by atoms with Gasteiger partial charge < -0.3 is 14.3 Å². The van der Waals surface area contributed by atoms with Crippen LogP contribution in [0.4, 0.5) is 0 Å². The Morgan fingerprint density at radius 3 is 2.06 bits per heavy atom. The Morgan fingerprint density at radius 1 is 0.722 bits per heavy atom. The van der Waals surface area contributed by atoms with E-state index < -0.39 is 7.32 Å². The maximum Gasteiger partial charge on any atom is 0.785 e. The molecule has 0 fully saturated rings. The van der Waals surface area contributed by atoms with Crippen molar-refractivity contribution in [3.8, 4) is 22.6 Å². The van der Waals surface area contributed by atoms with E-state index in [1.54, 1.807) is 0 Å². The molecule has 0 atom stereocenters. The van der Waals surface area contributed by atoms with Gasteiger partial charge in [0.2, 0.25) is 0 Å². The van der Waals surface area contributed by atoms with Gasteiger partial charge in [0.05, 0.1) is 0 Å². The van der Waals surface area contributed by atoms with E-state index in [9.17, 15) is 5.02 Å². The van der Waals surface area contributed by atoms with Gasteiger partial charge in [-0.25, -0.2) is 0 Å². The highest BCUT2D eigenvalue weighted by Gasteiger charge is 2.27. The summed E-state index contributed by atoms with van der Waals surface area (Å²) in [5, 5.41) is 13.3. The van der Waals surface area contributed by atoms with Crippen LogP contribution in [-0.4, -0.2) is 12.3 Å². The number of fused-ring (bicyclic) bond motifs is 1. The van der Waals surface area contributed by atoms with Gasteiger partial charge in [0.25, 0.3) is 0 Å². The average molecular weight is 480 g/mol.